The van der Waals surface area contributed by atoms with E-state index in [9.17, 15) is 22.4 Å². The van der Waals surface area contributed by atoms with Crippen LogP contribution in [0.1, 0.15) is 22.8 Å². The summed E-state index contributed by atoms with van der Waals surface area (Å²) in [5, 5.41) is 0. The van der Waals surface area contributed by atoms with Crippen LogP contribution in [0.25, 0.3) is 6.08 Å². The molecule has 0 radical (unpaired) electrons. The minimum absolute atomic E-state index is 0.119. The van der Waals surface area contributed by atoms with E-state index in [4.69, 9.17) is 0 Å². The highest BCUT2D eigenvalue weighted by Crippen LogP contribution is 2.19. The molecule has 0 unspecified atom stereocenters. The van der Waals surface area contributed by atoms with Crippen LogP contribution in [0.3, 0.4) is 0 Å². The number of halogens is 1. The third-order valence-corrected chi connectivity index (χ3v) is 6.63. The number of ketones is 1. The number of carbonyl (C=O) groups excluding carboxylic acids is 2. The molecule has 0 bridgehead atoms. The number of rotatable bonds is 5. The highest BCUT2D eigenvalue weighted by atomic mass is 32.2. The van der Waals surface area contributed by atoms with E-state index in [1.165, 1.54) is 59.8 Å². The van der Waals surface area contributed by atoms with Gasteiger partial charge in [-0.2, -0.15) is 4.31 Å². The molecular formula is C21H21FN2O4S. The average molecular weight is 416 g/mol. The predicted octanol–water partition coefficient (Wildman–Crippen LogP) is 2.57. The van der Waals surface area contributed by atoms with Gasteiger partial charge in [-0.05, 0) is 42.8 Å². The molecule has 2 aromatic rings. The van der Waals surface area contributed by atoms with Gasteiger partial charge in [-0.1, -0.05) is 24.3 Å². The summed E-state index contributed by atoms with van der Waals surface area (Å²) in [6.45, 7) is 2.29. The van der Waals surface area contributed by atoms with Crippen molar-refractivity contribution in [2.75, 3.05) is 26.2 Å². The minimum atomic E-state index is -3.69. The summed E-state index contributed by atoms with van der Waals surface area (Å²) in [6, 6.07) is 11.7. The van der Waals surface area contributed by atoms with Gasteiger partial charge in [-0.25, -0.2) is 12.8 Å². The third kappa shape index (κ3) is 4.96. The largest absolute Gasteiger partial charge is 0.337 e. The summed E-state index contributed by atoms with van der Waals surface area (Å²) < 4.78 is 40.1. The van der Waals surface area contributed by atoms with Gasteiger partial charge in [0.05, 0.1) is 4.90 Å². The molecule has 1 fully saturated rings. The number of carbonyl (C=O) groups is 2. The molecule has 3 rings (SSSR count). The van der Waals surface area contributed by atoms with Crippen LogP contribution in [0.4, 0.5) is 4.39 Å². The second-order valence-electron chi connectivity index (χ2n) is 6.70. The van der Waals surface area contributed by atoms with Crippen molar-refractivity contribution in [1.82, 2.24) is 9.21 Å². The lowest BCUT2D eigenvalue weighted by molar-refractivity contribution is -0.127. The standard InChI is InChI=1S/C21H21FN2O4S/c1-16(25)18-6-8-20(9-7-18)29(27,28)24-13-11-23(12-14-24)21(26)10-5-17-3-2-4-19(22)15-17/h2-10,15H,11-14H2,1H3/b10-5+. The van der Waals surface area contributed by atoms with Gasteiger partial charge in [0.2, 0.25) is 15.9 Å². The van der Waals surface area contributed by atoms with Crippen molar-refractivity contribution in [3.63, 3.8) is 0 Å². The second-order valence-corrected chi connectivity index (χ2v) is 8.64. The van der Waals surface area contributed by atoms with Crippen LogP contribution < -0.4 is 0 Å². The van der Waals surface area contributed by atoms with Crippen molar-refractivity contribution in [3.8, 4) is 0 Å². The lowest BCUT2D eigenvalue weighted by Gasteiger charge is -2.33. The number of sulfonamides is 1. The number of amides is 1. The zero-order valence-electron chi connectivity index (χ0n) is 15.9. The van der Waals surface area contributed by atoms with E-state index in [1.807, 2.05) is 0 Å². The van der Waals surface area contributed by atoms with E-state index in [1.54, 1.807) is 17.0 Å². The molecule has 0 atom stereocenters. The monoisotopic (exact) mass is 416 g/mol. The Labute approximate surface area is 169 Å². The van der Waals surface area contributed by atoms with Gasteiger partial charge >= 0.3 is 0 Å². The molecule has 0 spiro atoms. The van der Waals surface area contributed by atoms with Gasteiger partial charge < -0.3 is 4.90 Å². The highest BCUT2D eigenvalue weighted by Gasteiger charge is 2.29. The quantitative estimate of drug-likeness (QED) is 0.555. The molecule has 0 N–H and O–H groups in total. The maximum Gasteiger partial charge on any atom is 0.246 e. The summed E-state index contributed by atoms with van der Waals surface area (Å²) in [5.74, 6) is -0.765. The molecule has 0 aromatic heterocycles. The van der Waals surface area contributed by atoms with Crippen molar-refractivity contribution < 1.29 is 22.4 Å². The molecule has 8 heteroatoms. The topological polar surface area (TPSA) is 74.8 Å². The Balaban J connectivity index is 1.61. The molecule has 1 saturated heterocycles. The maximum atomic E-state index is 13.2. The smallest absolute Gasteiger partial charge is 0.246 e. The molecule has 0 aliphatic carbocycles. The number of nitrogens with zero attached hydrogens (tertiary/aromatic N) is 2. The van der Waals surface area contributed by atoms with E-state index in [0.717, 1.165) is 0 Å². The van der Waals surface area contributed by atoms with Crippen molar-refractivity contribution in [2.24, 2.45) is 0 Å². The van der Waals surface area contributed by atoms with Gasteiger partial charge in [-0.15, -0.1) is 0 Å². The number of benzene rings is 2. The predicted molar refractivity (Wildman–Crippen MR) is 107 cm³/mol. The number of piperazine rings is 1. The fraction of sp³-hybridized carbons (Fsp3) is 0.238. The first kappa shape index (κ1) is 20.9. The molecule has 29 heavy (non-hydrogen) atoms. The molecule has 152 valence electrons. The summed E-state index contributed by atoms with van der Waals surface area (Å²) in [6.07, 6.45) is 2.89. The molecule has 6 nitrogen and oxygen atoms in total. The number of hydrogen-bond donors (Lipinski definition) is 0. The van der Waals surface area contributed by atoms with Crippen LogP contribution in [-0.4, -0.2) is 55.5 Å². The van der Waals surface area contributed by atoms with E-state index < -0.39 is 10.0 Å². The summed E-state index contributed by atoms with van der Waals surface area (Å²) in [4.78, 5) is 25.4. The van der Waals surface area contributed by atoms with Crippen LogP contribution in [0, 0.1) is 5.82 Å². The van der Waals surface area contributed by atoms with Gasteiger partial charge in [0.25, 0.3) is 0 Å². The Hall–Kier alpha value is -2.84. The normalized spacial score (nSPS) is 15.6. The van der Waals surface area contributed by atoms with Crippen LogP contribution in [0.2, 0.25) is 0 Å². The molecule has 1 heterocycles. The highest BCUT2D eigenvalue weighted by molar-refractivity contribution is 7.89. The Morgan fingerprint density at radius 1 is 1.00 bits per heavy atom. The zero-order chi connectivity index (χ0) is 21.0. The summed E-state index contributed by atoms with van der Waals surface area (Å²) in [7, 11) is -3.69. The van der Waals surface area contributed by atoms with Crippen LogP contribution >= 0.6 is 0 Å². The Bertz CT molecular complexity index is 1040. The first-order valence-corrected chi connectivity index (χ1v) is 10.5. The minimum Gasteiger partial charge on any atom is -0.337 e. The van der Waals surface area contributed by atoms with E-state index >= 15 is 0 Å². The molecule has 0 saturated carbocycles. The van der Waals surface area contributed by atoms with Crippen molar-refractivity contribution in [2.45, 2.75) is 11.8 Å². The summed E-state index contributed by atoms with van der Waals surface area (Å²) in [5.41, 5.74) is 1.03. The molecular weight excluding hydrogens is 395 g/mol. The number of hydrogen-bond acceptors (Lipinski definition) is 4. The first-order chi connectivity index (χ1) is 13.8. The lowest BCUT2D eigenvalue weighted by atomic mass is 10.2. The van der Waals surface area contributed by atoms with Crippen molar-refractivity contribution in [3.05, 3.63) is 71.6 Å². The van der Waals surface area contributed by atoms with Gasteiger partial charge in [0, 0.05) is 37.8 Å². The van der Waals surface area contributed by atoms with Crippen molar-refractivity contribution in [1.29, 1.82) is 0 Å². The fourth-order valence-corrected chi connectivity index (χ4v) is 4.46. The Kier molecular flexibility index (Phi) is 6.24. The third-order valence-electron chi connectivity index (χ3n) is 4.72. The second kappa shape index (κ2) is 8.67. The van der Waals surface area contributed by atoms with E-state index in [0.29, 0.717) is 11.1 Å². The van der Waals surface area contributed by atoms with E-state index in [2.05, 4.69) is 0 Å². The SMILES string of the molecule is CC(=O)c1ccc(S(=O)(=O)N2CCN(C(=O)/C=C/c3cccc(F)c3)CC2)cc1. The molecule has 1 aliphatic heterocycles. The molecule has 1 amide bonds. The van der Waals surface area contributed by atoms with Crippen LogP contribution in [0.5, 0.6) is 0 Å². The van der Waals surface area contributed by atoms with Gasteiger partial charge in [0.1, 0.15) is 5.82 Å². The zero-order valence-corrected chi connectivity index (χ0v) is 16.7. The van der Waals surface area contributed by atoms with Gasteiger partial charge in [0.15, 0.2) is 5.78 Å². The lowest BCUT2D eigenvalue weighted by Crippen LogP contribution is -2.50. The molecule has 1 aliphatic rings. The van der Waals surface area contributed by atoms with Crippen LogP contribution in [-0.2, 0) is 14.8 Å². The van der Waals surface area contributed by atoms with Gasteiger partial charge in [-0.3, -0.25) is 9.59 Å². The first-order valence-electron chi connectivity index (χ1n) is 9.11. The van der Waals surface area contributed by atoms with Crippen molar-refractivity contribution >= 4 is 27.8 Å². The molecule has 2 aromatic carbocycles. The van der Waals surface area contributed by atoms with E-state index in [-0.39, 0.29) is 48.6 Å². The average Bonchev–Trinajstić information content (AvgIpc) is 2.72. The maximum absolute atomic E-state index is 13.2. The number of Topliss-reactive ketones (excluding diaryl/α,β-unsaturated/α-hetero) is 1. The Morgan fingerprint density at radius 3 is 2.24 bits per heavy atom. The van der Waals surface area contributed by atoms with Crippen LogP contribution in [0.15, 0.2) is 59.5 Å². The summed E-state index contributed by atoms with van der Waals surface area (Å²) >= 11 is 0. The Morgan fingerprint density at radius 2 is 1.66 bits per heavy atom. The fourth-order valence-electron chi connectivity index (χ4n) is 3.04.